The van der Waals surface area contributed by atoms with E-state index in [-0.39, 0.29) is 0 Å². The van der Waals surface area contributed by atoms with Gasteiger partial charge in [-0.3, -0.25) is 0 Å². The zero-order valence-corrected chi connectivity index (χ0v) is 30.8. The average Bonchev–Trinajstić information content (AvgIpc) is 3.81. The zero-order chi connectivity index (χ0) is 36.6. The third-order valence-electron chi connectivity index (χ3n) is 13.1. The van der Waals surface area contributed by atoms with Gasteiger partial charge in [0.15, 0.2) is 0 Å². The van der Waals surface area contributed by atoms with Gasteiger partial charge in [0.25, 0.3) is 0 Å². The number of hydrogen-bond acceptors (Lipinski definition) is 3. The highest BCUT2D eigenvalue weighted by Gasteiger charge is 2.59. The summed E-state index contributed by atoms with van der Waals surface area (Å²) in [7, 11) is 1.80. The molecular weight excluding hydrogens is 659 g/mol. The van der Waals surface area contributed by atoms with Crippen molar-refractivity contribution in [1.82, 2.24) is 0 Å². The third kappa shape index (κ3) is 3.80. The third-order valence-corrected chi connectivity index (χ3v) is 13.1. The molecule has 0 unspecified atom stereocenters. The van der Waals surface area contributed by atoms with Crippen molar-refractivity contribution in [3.63, 3.8) is 0 Å². The fraction of sp³-hybridized carbons (Fsp3) is 0.160. The lowest BCUT2D eigenvalue weighted by Gasteiger charge is -2.48. The molecule has 1 aromatic heterocycles. The molecule has 3 nitrogen and oxygen atoms in total. The topological polar surface area (TPSA) is 42.6 Å². The summed E-state index contributed by atoms with van der Waals surface area (Å²) < 4.78 is 13.2. The maximum absolute atomic E-state index is 10.9. The van der Waals surface area contributed by atoms with Gasteiger partial charge in [0.1, 0.15) is 11.2 Å². The molecule has 7 aromatic carbocycles. The quantitative estimate of drug-likeness (QED) is 0.186. The van der Waals surface area contributed by atoms with Gasteiger partial charge in [0, 0.05) is 16.3 Å². The van der Waals surface area contributed by atoms with Gasteiger partial charge >= 0.3 is 7.48 Å². The summed E-state index contributed by atoms with van der Waals surface area (Å²) in [5.41, 5.74) is 14.8. The van der Waals surface area contributed by atoms with Crippen LogP contribution in [0.15, 0.2) is 156 Å². The minimum atomic E-state index is -1.04. The minimum Gasteiger partial charge on any atom is -0.455 e. The van der Waals surface area contributed by atoms with Crippen LogP contribution in [0, 0.1) is 0 Å². The lowest BCUT2D eigenvalue weighted by atomic mass is 9.52. The van der Waals surface area contributed by atoms with Crippen molar-refractivity contribution < 1.29 is 14.2 Å². The average molecular weight is 698 g/mol. The molecule has 4 heteroatoms. The van der Waals surface area contributed by atoms with Crippen molar-refractivity contribution in [2.45, 2.75) is 49.7 Å². The summed E-state index contributed by atoms with van der Waals surface area (Å²) in [6, 6.07) is 56.0. The maximum Gasteiger partial charge on any atom is 0.330 e. The highest BCUT2D eigenvalue weighted by atomic mass is 16.5. The Kier molecular flexibility index (Phi) is 6.32. The normalized spacial score (nSPS) is 15.5. The molecule has 0 saturated carbocycles. The molecule has 1 N–H and O–H groups in total. The van der Waals surface area contributed by atoms with Crippen LogP contribution in [-0.2, 0) is 15.5 Å². The van der Waals surface area contributed by atoms with Crippen molar-refractivity contribution in [3.05, 3.63) is 196 Å². The molecule has 0 fully saturated rings. The number of fused-ring (bicyclic) bond motifs is 20. The molecule has 2 spiro atoms. The molecule has 0 amide bonds. The van der Waals surface area contributed by atoms with Gasteiger partial charge < -0.3 is 14.2 Å². The molecule has 8 aromatic rings. The van der Waals surface area contributed by atoms with Gasteiger partial charge in [0.2, 0.25) is 0 Å². The van der Waals surface area contributed by atoms with Crippen LogP contribution in [0.25, 0.3) is 44.2 Å². The number of furan rings is 1. The van der Waals surface area contributed by atoms with E-state index in [2.05, 4.69) is 146 Å². The van der Waals surface area contributed by atoms with Gasteiger partial charge in [-0.05, 0) is 95.0 Å². The SMILES string of the molecule is CC(C)(O)C(C)(C)O[B]c1ccc2c(c1)-c1c(ccc3c1oc1ccccc13)C21c2ccccc2C2(c3ccccc3-c3ccccc32)c2ccccc21. The summed E-state index contributed by atoms with van der Waals surface area (Å²) in [4.78, 5) is 0. The second-order valence-electron chi connectivity index (χ2n) is 16.3. The standard InChI is InChI=1S/C50H38BO3/c1-47(2,52)48(3,4)54-51-30-25-27-38-35(29-30)45-43(28-26-34-33-17-7-14-24-44(33)53-46(34)45)50(38)41-22-12-10-20-39(41)49(40-21-11-13-23-42(40)50)36-18-8-5-15-31(36)32-16-6-9-19-37(32)49/h5-29,52H,1-4H3. The van der Waals surface area contributed by atoms with Crippen LogP contribution in [0.2, 0.25) is 0 Å². The molecule has 3 aliphatic rings. The molecule has 3 aliphatic carbocycles. The lowest BCUT2D eigenvalue weighted by Crippen LogP contribution is -2.49. The van der Waals surface area contributed by atoms with E-state index in [9.17, 15) is 5.11 Å². The molecule has 0 atom stereocenters. The van der Waals surface area contributed by atoms with Gasteiger partial charge in [0.05, 0.1) is 22.0 Å². The number of hydrogen-bond donors (Lipinski definition) is 1. The van der Waals surface area contributed by atoms with E-state index < -0.39 is 22.0 Å². The zero-order valence-electron chi connectivity index (χ0n) is 30.8. The smallest absolute Gasteiger partial charge is 0.330 e. The summed E-state index contributed by atoms with van der Waals surface area (Å²) in [6.07, 6.45) is 0. The summed E-state index contributed by atoms with van der Waals surface area (Å²) in [6.45, 7) is 7.41. The van der Waals surface area contributed by atoms with Crippen LogP contribution in [-0.4, -0.2) is 23.8 Å². The Labute approximate surface area is 316 Å². The van der Waals surface area contributed by atoms with E-state index >= 15 is 0 Å². The van der Waals surface area contributed by atoms with Crippen molar-refractivity contribution in [2.24, 2.45) is 0 Å². The highest BCUT2D eigenvalue weighted by Crippen LogP contribution is 2.67. The predicted octanol–water partition coefficient (Wildman–Crippen LogP) is 10.4. The van der Waals surface area contributed by atoms with Gasteiger partial charge in [-0.15, -0.1) is 0 Å². The van der Waals surface area contributed by atoms with Crippen LogP contribution >= 0.6 is 0 Å². The molecular formula is C50H38BO3. The summed E-state index contributed by atoms with van der Waals surface area (Å²) >= 11 is 0. The molecule has 11 rings (SSSR count). The van der Waals surface area contributed by atoms with Crippen LogP contribution in [0.5, 0.6) is 0 Å². The highest BCUT2D eigenvalue weighted by molar-refractivity contribution is 6.47. The Bertz CT molecular complexity index is 2770. The molecule has 1 heterocycles. The first-order valence-corrected chi connectivity index (χ1v) is 18.9. The van der Waals surface area contributed by atoms with E-state index in [1.54, 1.807) is 21.3 Å². The van der Waals surface area contributed by atoms with Gasteiger partial charge in [-0.1, -0.05) is 151 Å². The fourth-order valence-corrected chi connectivity index (χ4v) is 10.0. The molecule has 0 aliphatic heterocycles. The van der Waals surface area contributed by atoms with Crippen LogP contribution < -0.4 is 5.46 Å². The van der Waals surface area contributed by atoms with E-state index in [1.807, 2.05) is 19.9 Å². The number of rotatable bonds is 4. The first-order valence-electron chi connectivity index (χ1n) is 18.9. The van der Waals surface area contributed by atoms with Crippen molar-refractivity contribution in [3.8, 4) is 22.3 Å². The Morgan fingerprint density at radius 1 is 0.500 bits per heavy atom. The first-order chi connectivity index (χ1) is 26.2. The Balaban J connectivity index is 1.26. The van der Waals surface area contributed by atoms with Crippen LogP contribution in [0.1, 0.15) is 72.2 Å². The summed E-state index contributed by atoms with van der Waals surface area (Å²) in [5.74, 6) is 0. The predicted molar refractivity (Wildman–Crippen MR) is 219 cm³/mol. The summed E-state index contributed by atoms with van der Waals surface area (Å²) in [5, 5.41) is 13.1. The molecule has 0 saturated heterocycles. The van der Waals surface area contributed by atoms with Gasteiger partial charge in [-0.25, -0.2) is 0 Å². The first kappa shape index (κ1) is 31.8. The second-order valence-corrected chi connectivity index (χ2v) is 16.3. The largest absolute Gasteiger partial charge is 0.455 e. The van der Waals surface area contributed by atoms with Crippen LogP contribution in [0.3, 0.4) is 0 Å². The number of aliphatic hydroxyl groups is 1. The van der Waals surface area contributed by atoms with E-state index in [4.69, 9.17) is 9.07 Å². The Morgan fingerprint density at radius 3 is 1.57 bits per heavy atom. The Morgan fingerprint density at radius 2 is 0.981 bits per heavy atom. The molecule has 1 radical (unpaired) electrons. The number of para-hydroxylation sites is 1. The van der Waals surface area contributed by atoms with Crippen LogP contribution in [0.4, 0.5) is 0 Å². The molecule has 0 bridgehead atoms. The fourth-order valence-electron chi connectivity index (χ4n) is 10.0. The minimum absolute atomic E-state index is 0.498. The molecule has 259 valence electrons. The maximum atomic E-state index is 10.9. The second kappa shape index (κ2) is 10.7. The van der Waals surface area contributed by atoms with E-state index in [0.717, 1.165) is 38.5 Å². The monoisotopic (exact) mass is 697 g/mol. The van der Waals surface area contributed by atoms with Crippen molar-refractivity contribution in [2.75, 3.05) is 0 Å². The van der Waals surface area contributed by atoms with Gasteiger partial charge in [-0.2, -0.15) is 0 Å². The van der Waals surface area contributed by atoms with E-state index in [0.29, 0.717) is 0 Å². The lowest BCUT2D eigenvalue weighted by molar-refractivity contribution is -0.0893. The Hall–Kier alpha value is -5.68. The van der Waals surface area contributed by atoms with E-state index in [1.165, 1.54) is 55.6 Å². The van der Waals surface area contributed by atoms with Crippen molar-refractivity contribution in [1.29, 1.82) is 0 Å². The van der Waals surface area contributed by atoms with Crippen molar-refractivity contribution >= 4 is 34.9 Å². The molecule has 54 heavy (non-hydrogen) atoms. The number of benzene rings is 7.